The van der Waals surface area contributed by atoms with Crippen LogP contribution in [0.5, 0.6) is 0 Å². The summed E-state index contributed by atoms with van der Waals surface area (Å²) in [5.74, 6) is -2.22. The molecule has 0 saturated carbocycles. The van der Waals surface area contributed by atoms with E-state index in [4.69, 9.17) is 4.74 Å². The van der Waals surface area contributed by atoms with Crippen LogP contribution in [-0.2, 0) is 25.7 Å². The van der Waals surface area contributed by atoms with Gasteiger partial charge in [0.2, 0.25) is 17.7 Å². The number of aliphatic hydroxyl groups is 1. The molecule has 1 N–H and O–H groups in total. The fourth-order valence-corrected chi connectivity index (χ4v) is 7.23. The monoisotopic (exact) mass is 555 g/mol. The molecule has 4 heterocycles. The van der Waals surface area contributed by atoms with Gasteiger partial charge in [-0.05, 0) is 37.0 Å². The van der Waals surface area contributed by atoms with Crippen molar-refractivity contribution in [2.45, 2.75) is 50.0 Å². The number of carbonyl (C=O) groups excluding carboxylic acids is 3. The molecule has 41 heavy (non-hydrogen) atoms. The molecule has 0 radical (unpaired) electrons. The zero-order valence-corrected chi connectivity index (χ0v) is 23.4. The lowest BCUT2D eigenvalue weighted by Crippen LogP contribution is -2.56. The van der Waals surface area contributed by atoms with Crippen molar-refractivity contribution >= 4 is 23.4 Å². The molecule has 6 rings (SSSR count). The minimum Gasteiger partial charge on any atom is -0.396 e. The number of hydrogen-bond acceptors (Lipinski definition) is 5. The van der Waals surface area contributed by atoms with Crippen LogP contribution in [0.1, 0.15) is 31.7 Å². The van der Waals surface area contributed by atoms with E-state index in [9.17, 15) is 19.5 Å². The number of likely N-dealkylation sites (tertiary alicyclic amines) is 1. The molecule has 8 heteroatoms. The summed E-state index contributed by atoms with van der Waals surface area (Å²) in [6.45, 7) is 3.45. The van der Waals surface area contributed by atoms with Crippen LogP contribution in [0.4, 0.5) is 5.69 Å². The number of anilines is 1. The van der Waals surface area contributed by atoms with Gasteiger partial charge in [0.15, 0.2) is 0 Å². The smallest absolute Gasteiger partial charge is 0.249 e. The molecule has 2 aromatic rings. The lowest BCUT2D eigenvalue weighted by molar-refractivity contribution is -0.152. The second-order valence-corrected chi connectivity index (χ2v) is 11.4. The first-order chi connectivity index (χ1) is 20.0. The number of aliphatic hydroxyl groups excluding tert-OH is 1. The summed E-state index contributed by atoms with van der Waals surface area (Å²) >= 11 is 0. The Labute approximate surface area is 240 Å². The summed E-state index contributed by atoms with van der Waals surface area (Å²) in [6.07, 6.45) is 9.28. The van der Waals surface area contributed by atoms with E-state index >= 15 is 0 Å². The third kappa shape index (κ3) is 4.41. The maximum absolute atomic E-state index is 14.5. The maximum atomic E-state index is 14.5. The number of para-hydroxylation sites is 1. The number of fused-ring (bicyclic) bond motifs is 2. The molecule has 1 unspecified atom stereocenters. The molecular formula is C33H37N3O5. The normalized spacial score (nSPS) is 30.7. The van der Waals surface area contributed by atoms with Gasteiger partial charge in [0.25, 0.3) is 0 Å². The van der Waals surface area contributed by atoms with E-state index < -0.39 is 29.1 Å². The van der Waals surface area contributed by atoms with E-state index in [1.54, 1.807) is 14.7 Å². The molecule has 2 fully saturated rings. The van der Waals surface area contributed by atoms with Crippen molar-refractivity contribution in [1.29, 1.82) is 0 Å². The molecule has 5 atom stereocenters. The maximum Gasteiger partial charge on any atom is 0.249 e. The zero-order valence-electron chi connectivity index (χ0n) is 23.4. The van der Waals surface area contributed by atoms with E-state index in [-0.39, 0.29) is 24.3 Å². The summed E-state index contributed by atoms with van der Waals surface area (Å²) in [5, 5.41) is 9.45. The Balaban J connectivity index is 1.44. The Morgan fingerprint density at radius 2 is 1.56 bits per heavy atom. The van der Waals surface area contributed by atoms with Gasteiger partial charge in [0, 0.05) is 38.5 Å². The summed E-state index contributed by atoms with van der Waals surface area (Å²) in [4.78, 5) is 48.5. The average molecular weight is 556 g/mol. The van der Waals surface area contributed by atoms with Gasteiger partial charge in [-0.3, -0.25) is 14.4 Å². The molecule has 2 saturated heterocycles. The van der Waals surface area contributed by atoms with Crippen LogP contribution in [0.3, 0.4) is 0 Å². The molecule has 4 aliphatic heterocycles. The fraction of sp³-hybridized carbons (Fsp3) is 0.424. The van der Waals surface area contributed by atoms with Crippen LogP contribution < -0.4 is 4.90 Å². The minimum absolute atomic E-state index is 0.00262. The first-order valence-corrected chi connectivity index (χ1v) is 14.6. The number of hydrogen-bond donors (Lipinski definition) is 1. The summed E-state index contributed by atoms with van der Waals surface area (Å²) in [5.41, 5.74) is -0.537. The van der Waals surface area contributed by atoms with Gasteiger partial charge in [0.05, 0.1) is 17.4 Å². The first kappa shape index (κ1) is 27.4. The Hall–Kier alpha value is -3.75. The number of rotatable bonds is 8. The second kappa shape index (κ2) is 10.9. The molecule has 1 spiro atoms. The minimum atomic E-state index is -1.28. The number of ether oxygens (including phenoxy) is 1. The highest BCUT2D eigenvalue weighted by atomic mass is 16.5. The largest absolute Gasteiger partial charge is 0.396 e. The molecule has 3 amide bonds. The number of carbonyl (C=O) groups is 3. The van der Waals surface area contributed by atoms with Crippen LogP contribution in [0.25, 0.3) is 0 Å². The van der Waals surface area contributed by atoms with Gasteiger partial charge < -0.3 is 24.5 Å². The van der Waals surface area contributed by atoms with E-state index in [2.05, 4.69) is 0 Å². The van der Waals surface area contributed by atoms with Gasteiger partial charge in [-0.1, -0.05) is 79.8 Å². The lowest BCUT2D eigenvalue weighted by Gasteiger charge is -2.38. The summed E-state index contributed by atoms with van der Waals surface area (Å²) < 4.78 is 7.03. The van der Waals surface area contributed by atoms with Crippen molar-refractivity contribution in [3.63, 3.8) is 0 Å². The lowest BCUT2D eigenvalue weighted by atomic mass is 9.73. The number of nitrogens with zero attached hydrogens (tertiary/aromatic N) is 3. The highest BCUT2D eigenvalue weighted by molar-refractivity contribution is 6.04. The number of unbranched alkanes of at least 4 members (excludes halogenated alkanes) is 1. The number of benzene rings is 2. The molecule has 214 valence electrons. The predicted molar refractivity (Wildman–Crippen MR) is 155 cm³/mol. The van der Waals surface area contributed by atoms with Crippen molar-refractivity contribution in [3.8, 4) is 0 Å². The zero-order chi connectivity index (χ0) is 28.6. The molecular weight excluding hydrogens is 518 g/mol. The molecule has 8 nitrogen and oxygen atoms in total. The van der Waals surface area contributed by atoms with Crippen molar-refractivity contribution in [2.75, 3.05) is 31.1 Å². The summed E-state index contributed by atoms with van der Waals surface area (Å²) in [6, 6.07) is 18.4. The van der Waals surface area contributed by atoms with Crippen LogP contribution in [0, 0.1) is 11.8 Å². The van der Waals surface area contributed by atoms with Crippen LogP contribution in [0.2, 0.25) is 0 Å². The van der Waals surface area contributed by atoms with Gasteiger partial charge >= 0.3 is 0 Å². The molecule has 2 aromatic carbocycles. The Kier molecular flexibility index (Phi) is 7.30. The SMILES string of the molecule is CC[C@]12C=CCN(c3ccccc3)C(=O)[C@H]1[C@H]1C(=O)N(CCCCO)C3C(=O)N(Cc4ccccc4)CC=C[C@@]31O2. The Bertz CT molecular complexity index is 1360. The molecule has 0 aromatic heterocycles. The Morgan fingerprint density at radius 3 is 2.27 bits per heavy atom. The van der Waals surface area contributed by atoms with Crippen LogP contribution >= 0.6 is 0 Å². The van der Waals surface area contributed by atoms with Crippen LogP contribution in [0.15, 0.2) is 85.0 Å². The van der Waals surface area contributed by atoms with E-state index in [1.807, 2.05) is 91.9 Å². The molecule has 0 aliphatic carbocycles. The van der Waals surface area contributed by atoms with Crippen molar-refractivity contribution in [3.05, 3.63) is 90.5 Å². The van der Waals surface area contributed by atoms with Gasteiger partial charge in [-0.25, -0.2) is 0 Å². The standard InChI is InChI=1S/C33H37N3O5/c1-2-32-17-11-21-35(25-15-7-4-8-16-25)29(38)26(32)27-30(39)36(20-9-10-22-37)28-31(40)34(19-12-18-33(27,28)41-32)23-24-13-5-3-6-14-24/h3-8,11-18,26-28,37H,2,9-10,19-23H2,1H3/t26-,27+,28?,32+,33+/m1/s1. The van der Waals surface area contributed by atoms with Gasteiger partial charge in [-0.15, -0.1) is 0 Å². The van der Waals surface area contributed by atoms with Crippen molar-refractivity contribution < 1.29 is 24.2 Å². The molecule has 4 aliphatic rings. The van der Waals surface area contributed by atoms with E-state index in [0.717, 1.165) is 11.3 Å². The summed E-state index contributed by atoms with van der Waals surface area (Å²) in [7, 11) is 0. The van der Waals surface area contributed by atoms with Crippen LogP contribution in [-0.4, -0.2) is 76.1 Å². The topological polar surface area (TPSA) is 90.4 Å². The first-order valence-electron chi connectivity index (χ1n) is 14.6. The quantitative estimate of drug-likeness (QED) is 0.399. The highest BCUT2D eigenvalue weighted by Crippen LogP contribution is 2.58. The van der Waals surface area contributed by atoms with Crippen molar-refractivity contribution in [1.82, 2.24) is 9.80 Å². The Morgan fingerprint density at radius 1 is 0.854 bits per heavy atom. The van der Waals surface area contributed by atoms with Gasteiger partial charge in [-0.2, -0.15) is 0 Å². The third-order valence-electron chi connectivity index (χ3n) is 9.11. The number of amides is 3. The second-order valence-electron chi connectivity index (χ2n) is 11.4. The fourth-order valence-electron chi connectivity index (χ4n) is 7.23. The van der Waals surface area contributed by atoms with Crippen molar-refractivity contribution in [2.24, 2.45) is 11.8 Å². The average Bonchev–Trinajstić information content (AvgIpc) is 3.28. The predicted octanol–water partition coefficient (Wildman–Crippen LogP) is 3.32. The molecule has 0 bridgehead atoms. The van der Waals surface area contributed by atoms with E-state index in [0.29, 0.717) is 45.4 Å². The van der Waals surface area contributed by atoms with Gasteiger partial charge in [0.1, 0.15) is 11.6 Å². The third-order valence-corrected chi connectivity index (χ3v) is 9.11. The highest BCUT2D eigenvalue weighted by Gasteiger charge is 2.75. The van der Waals surface area contributed by atoms with E-state index in [1.165, 1.54) is 0 Å².